The Kier molecular flexibility index (Phi) is 5.89. The molecule has 0 unspecified atom stereocenters. The predicted molar refractivity (Wildman–Crippen MR) is 59.4 cm³/mol. The zero-order valence-corrected chi connectivity index (χ0v) is 8.34. The van der Waals surface area contributed by atoms with E-state index in [0.29, 0.717) is 5.92 Å². The van der Waals surface area contributed by atoms with E-state index in [0.717, 1.165) is 12.1 Å². The fourth-order valence-corrected chi connectivity index (χ4v) is 0.921. The molecule has 0 radical (unpaired) electrons. The lowest BCUT2D eigenvalue weighted by molar-refractivity contribution is -0.117. The second-order valence-corrected chi connectivity index (χ2v) is 3.07. The van der Waals surface area contributed by atoms with Gasteiger partial charge in [0.15, 0.2) is 0 Å². The maximum atomic E-state index is 10.4. The number of hydrogen-bond donors (Lipinski definition) is 2. The molecule has 0 aromatic rings. The van der Waals surface area contributed by atoms with Gasteiger partial charge in [-0.1, -0.05) is 31.2 Å². The van der Waals surface area contributed by atoms with Gasteiger partial charge in [-0.05, 0) is 12.8 Å². The third kappa shape index (κ3) is 6.11. The Morgan fingerprint density at radius 3 is 2.85 bits per heavy atom. The maximum Gasteiger partial charge on any atom is 0.231 e. The van der Waals surface area contributed by atoms with E-state index in [1.54, 1.807) is 0 Å². The van der Waals surface area contributed by atoms with Gasteiger partial charge in [0.2, 0.25) is 5.91 Å². The minimum Gasteiger partial charge on any atom is -0.369 e. The summed E-state index contributed by atoms with van der Waals surface area (Å²) in [4.78, 5) is 10.4. The van der Waals surface area contributed by atoms with E-state index in [4.69, 9.17) is 5.73 Å². The number of carbonyl (C=O) groups excluding carboxylic acids is 1. The van der Waals surface area contributed by atoms with E-state index in [9.17, 15) is 4.79 Å². The van der Waals surface area contributed by atoms with Crippen LogP contribution in [0.4, 0.5) is 0 Å². The molecule has 1 atom stereocenters. The Bertz CT molecular complexity index is 217. The Morgan fingerprint density at radius 1 is 1.77 bits per heavy atom. The third-order valence-electron chi connectivity index (χ3n) is 1.76. The molecule has 1 amide bonds. The highest BCUT2D eigenvalue weighted by Crippen LogP contribution is 2.07. The Labute approximate surface area is 82.7 Å². The molecule has 0 aliphatic rings. The first-order valence-electron chi connectivity index (χ1n) is 4.38. The van der Waals surface area contributed by atoms with Gasteiger partial charge >= 0.3 is 0 Å². The summed E-state index contributed by atoms with van der Waals surface area (Å²) in [5, 5.41) is 2.95. The van der Waals surface area contributed by atoms with Crippen LogP contribution in [0.2, 0.25) is 0 Å². The lowest BCUT2D eigenvalue weighted by atomic mass is 10.0. The van der Waals surface area contributed by atoms with Crippen molar-refractivity contribution >= 4 is 5.91 Å². The van der Waals surface area contributed by atoms with Gasteiger partial charge in [-0.25, -0.2) is 0 Å². The molecule has 0 aromatic heterocycles. The van der Waals surface area contributed by atoms with Crippen molar-refractivity contribution in [3.8, 4) is 0 Å². The molecule has 13 heavy (non-hydrogen) atoms. The molecule has 0 aliphatic carbocycles. The fourth-order valence-electron chi connectivity index (χ4n) is 0.921. The highest BCUT2D eigenvalue weighted by molar-refractivity contribution is 5.75. The van der Waals surface area contributed by atoms with Gasteiger partial charge < -0.3 is 11.1 Å². The zero-order valence-electron chi connectivity index (χ0n) is 8.34. The molecular weight excluding hydrogens is 164 g/mol. The predicted octanol–water partition coefficient (Wildman–Crippen LogP) is 1.32. The summed E-state index contributed by atoms with van der Waals surface area (Å²) in [5.74, 6) is -0.000559. The van der Waals surface area contributed by atoms with Crippen molar-refractivity contribution in [1.29, 1.82) is 0 Å². The van der Waals surface area contributed by atoms with Gasteiger partial charge in [0.1, 0.15) is 0 Å². The van der Waals surface area contributed by atoms with E-state index >= 15 is 0 Å². The van der Waals surface area contributed by atoms with Gasteiger partial charge in [0.25, 0.3) is 0 Å². The lowest BCUT2D eigenvalue weighted by Crippen LogP contribution is -2.31. The monoisotopic (exact) mass is 186 g/mol. The zero-order chi connectivity index (χ0) is 10.3. The van der Waals surface area contributed by atoms with Crippen LogP contribution in [0.5, 0.6) is 0 Å². The van der Waals surface area contributed by atoms with Crippen LogP contribution < -0.4 is 11.1 Å². The molecule has 3 nitrogen and oxygen atoms in total. The maximum absolute atomic E-state index is 10.4. The summed E-state index contributed by atoms with van der Waals surface area (Å²) in [6.45, 7) is 8.86. The first-order chi connectivity index (χ1) is 6.07. The number of nitrogens with one attached hydrogen (secondary N) is 1. The standard InChI is InChI=1S/C10H18N2O.2H2/c1-4-5-8(2)9(3)6-12-7-10(11)13;;/h4-5,9,12H,2,6-7H2,1,3H3,(H2,11,13);2*1H/b5-4-;;/t9-;;/m1../s1. The van der Waals surface area contributed by atoms with Crippen LogP contribution in [0.25, 0.3) is 0 Å². The van der Waals surface area contributed by atoms with Crippen LogP contribution in [0.1, 0.15) is 16.7 Å². The number of amides is 1. The van der Waals surface area contributed by atoms with E-state index in [1.165, 1.54) is 0 Å². The number of hydrogen-bond acceptors (Lipinski definition) is 2. The second kappa shape index (κ2) is 6.43. The Hall–Kier alpha value is -1.09. The molecule has 78 valence electrons. The smallest absolute Gasteiger partial charge is 0.231 e. The molecule has 0 fully saturated rings. The van der Waals surface area contributed by atoms with Crippen molar-refractivity contribution in [3.05, 3.63) is 24.3 Å². The molecule has 0 spiro atoms. The number of primary amides is 1. The lowest BCUT2D eigenvalue weighted by Gasteiger charge is -2.11. The van der Waals surface area contributed by atoms with Crippen molar-refractivity contribution in [3.63, 3.8) is 0 Å². The summed E-state index contributed by atoms with van der Waals surface area (Å²) in [5.41, 5.74) is 6.03. The molecule has 0 saturated heterocycles. The van der Waals surface area contributed by atoms with E-state index in [1.807, 2.05) is 19.1 Å². The van der Waals surface area contributed by atoms with Gasteiger partial charge in [-0.3, -0.25) is 4.79 Å². The van der Waals surface area contributed by atoms with Crippen LogP contribution in [0, 0.1) is 5.92 Å². The van der Waals surface area contributed by atoms with Crippen molar-refractivity contribution < 1.29 is 7.65 Å². The molecule has 3 heteroatoms. The molecule has 0 heterocycles. The average molecular weight is 186 g/mol. The van der Waals surface area contributed by atoms with Crippen LogP contribution in [-0.2, 0) is 4.79 Å². The van der Waals surface area contributed by atoms with E-state index in [-0.39, 0.29) is 15.3 Å². The summed E-state index contributed by atoms with van der Waals surface area (Å²) >= 11 is 0. The van der Waals surface area contributed by atoms with Crippen LogP contribution in [0.15, 0.2) is 24.3 Å². The minimum atomic E-state index is -0.330. The Morgan fingerprint density at radius 2 is 2.38 bits per heavy atom. The summed E-state index contributed by atoms with van der Waals surface area (Å²) in [6, 6.07) is 0. The van der Waals surface area contributed by atoms with Crippen molar-refractivity contribution in [2.45, 2.75) is 13.8 Å². The molecule has 0 bridgehead atoms. The largest absolute Gasteiger partial charge is 0.369 e. The first kappa shape index (κ1) is 11.9. The quantitative estimate of drug-likeness (QED) is 0.615. The van der Waals surface area contributed by atoms with E-state index in [2.05, 4.69) is 18.8 Å². The molecule has 0 rings (SSSR count). The average Bonchev–Trinajstić information content (AvgIpc) is 2.04. The minimum absolute atomic E-state index is 0. The van der Waals surface area contributed by atoms with Gasteiger partial charge in [-0.2, -0.15) is 0 Å². The number of rotatable bonds is 6. The molecule has 3 N–H and O–H groups in total. The van der Waals surface area contributed by atoms with Crippen molar-refractivity contribution in [2.75, 3.05) is 13.1 Å². The van der Waals surface area contributed by atoms with Gasteiger partial charge in [0, 0.05) is 9.40 Å². The summed E-state index contributed by atoms with van der Waals surface area (Å²) in [6.07, 6.45) is 3.92. The molecule has 0 aromatic carbocycles. The number of allylic oxidation sites excluding steroid dienone is 2. The highest BCUT2D eigenvalue weighted by atomic mass is 16.1. The van der Waals surface area contributed by atoms with Crippen molar-refractivity contribution in [2.24, 2.45) is 11.7 Å². The first-order valence-corrected chi connectivity index (χ1v) is 4.38. The van der Waals surface area contributed by atoms with Crippen molar-refractivity contribution in [1.82, 2.24) is 5.32 Å². The number of nitrogens with two attached hydrogens (primary N) is 1. The van der Waals surface area contributed by atoms with Gasteiger partial charge in [0.05, 0.1) is 6.54 Å². The summed E-state index contributed by atoms with van der Waals surface area (Å²) < 4.78 is 0. The molecular formula is C10H22N2O. The van der Waals surface area contributed by atoms with Crippen LogP contribution >= 0.6 is 0 Å². The summed E-state index contributed by atoms with van der Waals surface area (Å²) in [7, 11) is 0. The Balaban J connectivity index is -0.000000720. The van der Waals surface area contributed by atoms with Crippen LogP contribution in [-0.4, -0.2) is 19.0 Å². The third-order valence-corrected chi connectivity index (χ3v) is 1.76. The fraction of sp³-hybridized carbons (Fsp3) is 0.500. The SMILES string of the molecule is C=C(/C=C\C)[C@H](C)CNCC(N)=O.[HH].[HH]. The molecule has 0 saturated carbocycles. The van der Waals surface area contributed by atoms with Gasteiger partial charge in [-0.15, -0.1) is 0 Å². The normalized spacial score (nSPS) is 13.1. The molecule has 0 aliphatic heterocycles. The number of carbonyl (C=O) groups is 1. The topological polar surface area (TPSA) is 55.1 Å². The van der Waals surface area contributed by atoms with Crippen LogP contribution in [0.3, 0.4) is 0 Å². The van der Waals surface area contributed by atoms with E-state index < -0.39 is 0 Å². The second-order valence-electron chi connectivity index (χ2n) is 3.07. The highest BCUT2D eigenvalue weighted by Gasteiger charge is 2.03.